The Morgan fingerprint density at radius 1 is 1.11 bits per heavy atom. The van der Waals surface area contributed by atoms with Gasteiger partial charge in [0.15, 0.2) is 0 Å². The van der Waals surface area contributed by atoms with Crippen LogP contribution in [0.4, 0.5) is 0 Å². The number of hydrogen-bond acceptors (Lipinski definition) is 3. The minimum Gasteiger partial charge on any atom is -0.480 e. The fourth-order valence-corrected chi connectivity index (χ4v) is 2.14. The summed E-state index contributed by atoms with van der Waals surface area (Å²) in [7, 11) is 0. The smallest absolute Gasteiger partial charge is 0.326 e. The van der Waals surface area contributed by atoms with Crippen LogP contribution in [0.5, 0.6) is 0 Å². The van der Waals surface area contributed by atoms with Gasteiger partial charge < -0.3 is 16.2 Å². The molecule has 5 nitrogen and oxygen atoms in total. The molecule has 0 aliphatic heterocycles. The molecule has 4 N–H and O–H groups in total. The van der Waals surface area contributed by atoms with Crippen LogP contribution >= 0.6 is 0 Å². The number of carboxylic acid groups (broad SMARTS) is 1. The van der Waals surface area contributed by atoms with Crippen LogP contribution in [-0.2, 0) is 9.59 Å². The molecule has 0 aromatic heterocycles. The molecule has 1 amide bonds. The molecule has 2 unspecified atom stereocenters. The van der Waals surface area contributed by atoms with E-state index < -0.39 is 12.0 Å². The van der Waals surface area contributed by atoms with Gasteiger partial charge in [-0.25, -0.2) is 4.79 Å². The summed E-state index contributed by atoms with van der Waals surface area (Å²) in [6, 6.07) is -0.801. The Labute approximate surface area is 115 Å². The predicted octanol–water partition coefficient (Wildman–Crippen LogP) is 1.61. The number of aliphatic carboxylic acids is 1. The lowest BCUT2D eigenvalue weighted by Gasteiger charge is -2.20. The number of carbonyl (C=O) groups excluding carboxylic acids is 1. The van der Waals surface area contributed by atoms with Crippen molar-refractivity contribution in [2.45, 2.75) is 53.0 Å². The Morgan fingerprint density at radius 3 is 2.00 bits per heavy atom. The SMILES string of the molecule is CC(C)CC(CN)CC(=O)NC(CC(C)C)C(=O)O. The van der Waals surface area contributed by atoms with Gasteiger partial charge in [0.05, 0.1) is 0 Å². The first-order valence-electron chi connectivity index (χ1n) is 6.98. The number of amides is 1. The van der Waals surface area contributed by atoms with E-state index in [0.29, 0.717) is 25.3 Å². The van der Waals surface area contributed by atoms with Crippen molar-refractivity contribution < 1.29 is 14.7 Å². The molecule has 0 aromatic rings. The third kappa shape index (κ3) is 8.59. The second-order valence-corrected chi connectivity index (χ2v) is 6.02. The van der Waals surface area contributed by atoms with Crippen LogP contribution in [0.1, 0.15) is 47.0 Å². The lowest BCUT2D eigenvalue weighted by atomic mass is 9.93. The maximum Gasteiger partial charge on any atom is 0.326 e. The van der Waals surface area contributed by atoms with Crippen LogP contribution in [0.25, 0.3) is 0 Å². The molecule has 0 bridgehead atoms. The summed E-state index contributed by atoms with van der Waals surface area (Å²) in [5.74, 6) is -0.373. The fourth-order valence-electron chi connectivity index (χ4n) is 2.14. The maximum absolute atomic E-state index is 11.9. The minimum absolute atomic E-state index is 0.119. The third-order valence-corrected chi connectivity index (χ3v) is 2.95. The van der Waals surface area contributed by atoms with E-state index >= 15 is 0 Å². The van der Waals surface area contributed by atoms with Crippen LogP contribution in [0, 0.1) is 17.8 Å². The van der Waals surface area contributed by atoms with Gasteiger partial charge in [-0.3, -0.25) is 4.79 Å². The third-order valence-electron chi connectivity index (χ3n) is 2.95. The molecule has 5 heteroatoms. The van der Waals surface area contributed by atoms with Crippen molar-refractivity contribution in [1.82, 2.24) is 5.32 Å². The second kappa shape index (κ2) is 8.91. The van der Waals surface area contributed by atoms with E-state index in [-0.39, 0.29) is 17.7 Å². The molecule has 0 aliphatic carbocycles. The molecule has 0 saturated heterocycles. The Bertz CT molecular complexity index is 290. The molecule has 0 aliphatic rings. The number of carbonyl (C=O) groups is 2. The molecular weight excluding hydrogens is 244 g/mol. The van der Waals surface area contributed by atoms with Crippen molar-refractivity contribution in [2.24, 2.45) is 23.5 Å². The molecule has 19 heavy (non-hydrogen) atoms. The van der Waals surface area contributed by atoms with Crippen LogP contribution in [0.3, 0.4) is 0 Å². The maximum atomic E-state index is 11.9. The normalized spacial score (nSPS) is 14.5. The molecule has 112 valence electrons. The highest BCUT2D eigenvalue weighted by Crippen LogP contribution is 2.14. The monoisotopic (exact) mass is 272 g/mol. The zero-order chi connectivity index (χ0) is 15.0. The summed E-state index contributed by atoms with van der Waals surface area (Å²) in [5, 5.41) is 11.7. The Morgan fingerprint density at radius 2 is 1.63 bits per heavy atom. The first kappa shape index (κ1) is 17.9. The average molecular weight is 272 g/mol. The van der Waals surface area contributed by atoms with Crippen molar-refractivity contribution in [1.29, 1.82) is 0 Å². The summed E-state index contributed by atoms with van der Waals surface area (Å²) >= 11 is 0. The number of nitrogens with one attached hydrogen (secondary N) is 1. The van der Waals surface area contributed by atoms with Crippen LogP contribution < -0.4 is 11.1 Å². The second-order valence-electron chi connectivity index (χ2n) is 6.02. The highest BCUT2D eigenvalue weighted by molar-refractivity contribution is 5.83. The van der Waals surface area contributed by atoms with E-state index in [0.717, 1.165) is 6.42 Å². The summed E-state index contributed by atoms with van der Waals surface area (Å²) in [4.78, 5) is 22.9. The van der Waals surface area contributed by atoms with Crippen molar-refractivity contribution >= 4 is 11.9 Å². The quantitative estimate of drug-likeness (QED) is 0.594. The van der Waals surface area contributed by atoms with Gasteiger partial charge in [0.25, 0.3) is 0 Å². The van der Waals surface area contributed by atoms with Gasteiger partial charge in [-0.05, 0) is 37.1 Å². The van der Waals surface area contributed by atoms with Crippen molar-refractivity contribution in [3.05, 3.63) is 0 Å². The molecule has 0 rings (SSSR count). The highest BCUT2D eigenvalue weighted by atomic mass is 16.4. The van der Waals surface area contributed by atoms with Crippen molar-refractivity contribution in [3.8, 4) is 0 Å². The molecule has 0 spiro atoms. The molecule has 2 atom stereocenters. The fraction of sp³-hybridized carbons (Fsp3) is 0.857. The van der Waals surface area contributed by atoms with Crippen molar-refractivity contribution in [3.63, 3.8) is 0 Å². The molecule has 0 saturated carbocycles. The first-order chi connectivity index (χ1) is 8.76. The van der Waals surface area contributed by atoms with E-state index in [1.165, 1.54) is 0 Å². The Hall–Kier alpha value is -1.10. The molecular formula is C14H28N2O3. The lowest BCUT2D eigenvalue weighted by molar-refractivity contribution is -0.142. The zero-order valence-corrected chi connectivity index (χ0v) is 12.5. The Balaban J connectivity index is 4.35. The highest BCUT2D eigenvalue weighted by Gasteiger charge is 2.22. The molecule has 0 heterocycles. The number of hydrogen-bond donors (Lipinski definition) is 3. The number of nitrogens with two attached hydrogens (primary N) is 1. The van der Waals surface area contributed by atoms with E-state index in [1.54, 1.807) is 0 Å². The molecule has 0 aromatic carbocycles. The predicted molar refractivity (Wildman–Crippen MR) is 75.6 cm³/mol. The first-order valence-corrected chi connectivity index (χ1v) is 6.98. The summed E-state index contributed by atoms with van der Waals surface area (Å²) in [6.45, 7) is 8.49. The average Bonchev–Trinajstić information content (AvgIpc) is 2.25. The minimum atomic E-state index is -0.977. The largest absolute Gasteiger partial charge is 0.480 e. The summed E-state index contributed by atoms with van der Waals surface area (Å²) < 4.78 is 0. The van der Waals surface area contributed by atoms with Gasteiger partial charge in [0.1, 0.15) is 6.04 Å². The van der Waals surface area contributed by atoms with Gasteiger partial charge >= 0.3 is 5.97 Å². The van der Waals surface area contributed by atoms with E-state index in [9.17, 15) is 9.59 Å². The Kier molecular flexibility index (Phi) is 8.39. The van der Waals surface area contributed by atoms with E-state index in [2.05, 4.69) is 19.2 Å². The van der Waals surface area contributed by atoms with E-state index in [4.69, 9.17) is 10.8 Å². The van der Waals surface area contributed by atoms with E-state index in [1.807, 2.05) is 13.8 Å². The standard InChI is InChI=1S/C14H28N2O3/c1-9(2)5-11(8-15)7-13(17)16-12(14(18)19)6-10(3)4/h9-12H,5-8,15H2,1-4H3,(H,16,17)(H,18,19). The van der Waals surface area contributed by atoms with Gasteiger partial charge in [-0.15, -0.1) is 0 Å². The van der Waals surface area contributed by atoms with Gasteiger partial charge in [0.2, 0.25) is 5.91 Å². The topological polar surface area (TPSA) is 92.4 Å². The summed E-state index contributed by atoms with van der Waals surface area (Å²) in [5.41, 5.74) is 5.64. The van der Waals surface area contributed by atoms with Crippen LogP contribution in [0.15, 0.2) is 0 Å². The van der Waals surface area contributed by atoms with Gasteiger partial charge in [0, 0.05) is 6.42 Å². The summed E-state index contributed by atoms with van der Waals surface area (Å²) in [6.07, 6.45) is 1.63. The number of carboxylic acids is 1. The van der Waals surface area contributed by atoms with Gasteiger partial charge in [-0.1, -0.05) is 27.7 Å². The van der Waals surface area contributed by atoms with Gasteiger partial charge in [-0.2, -0.15) is 0 Å². The zero-order valence-electron chi connectivity index (χ0n) is 12.5. The van der Waals surface area contributed by atoms with Crippen LogP contribution in [-0.4, -0.2) is 29.6 Å². The molecule has 0 fully saturated rings. The molecule has 0 radical (unpaired) electrons. The number of rotatable bonds is 9. The lowest BCUT2D eigenvalue weighted by Crippen LogP contribution is -2.42. The van der Waals surface area contributed by atoms with Crippen LogP contribution in [0.2, 0.25) is 0 Å². The van der Waals surface area contributed by atoms with Crippen molar-refractivity contribution in [2.75, 3.05) is 6.54 Å².